The first-order chi connectivity index (χ1) is 9.67. The highest BCUT2D eigenvalue weighted by atomic mass is 16.1. The van der Waals surface area contributed by atoms with Gasteiger partial charge in [0.2, 0.25) is 5.91 Å². The van der Waals surface area contributed by atoms with Crippen LogP contribution in [0.4, 0.5) is 5.69 Å². The monoisotopic (exact) mass is 268 g/mol. The van der Waals surface area contributed by atoms with Crippen molar-refractivity contribution in [3.8, 4) is 0 Å². The summed E-state index contributed by atoms with van der Waals surface area (Å²) in [6, 6.07) is 15.9. The highest BCUT2D eigenvalue weighted by molar-refractivity contribution is 5.92. The first kappa shape index (κ1) is 14.3. The molecule has 0 heterocycles. The van der Waals surface area contributed by atoms with Crippen LogP contribution in [-0.4, -0.2) is 13.0 Å². The molecule has 0 aliphatic rings. The molecule has 0 fully saturated rings. The lowest BCUT2D eigenvalue weighted by molar-refractivity contribution is -0.115. The molecule has 0 saturated heterocycles. The fourth-order valence-electron chi connectivity index (χ4n) is 2.06. The summed E-state index contributed by atoms with van der Waals surface area (Å²) < 4.78 is 0. The van der Waals surface area contributed by atoms with Crippen LogP contribution < -0.4 is 10.6 Å². The van der Waals surface area contributed by atoms with Crippen LogP contribution in [-0.2, 0) is 17.8 Å². The van der Waals surface area contributed by atoms with Gasteiger partial charge in [0.25, 0.3) is 0 Å². The third-order valence-corrected chi connectivity index (χ3v) is 3.08. The quantitative estimate of drug-likeness (QED) is 0.875. The van der Waals surface area contributed by atoms with Crippen LogP contribution in [0.25, 0.3) is 0 Å². The number of carbonyl (C=O) groups excluding carboxylic acids is 1. The van der Waals surface area contributed by atoms with Crippen molar-refractivity contribution in [3.05, 3.63) is 65.2 Å². The zero-order valence-electron chi connectivity index (χ0n) is 11.9. The van der Waals surface area contributed by atoms with Crippen molar-refractivity contribution in [2.75, 3.05) is 12.4 Å². The van der Waals surface area contributed by atoms with Crippen molar-refractivity contribution in [2.45, 2.75) is 19.9 Å². The molecule has 0 aromatic heterocycles. The Morgan fingerprint density at radius 2 is 1.80 bits per heavy atom. The predicted molar refractivity (Wildman–Crippen MR) is 82.7 cm³/mol. The van der Waals surface area contributed by atoms with Gasteiger partial charge in [0.05, 0.1) is 6.42 Å². The van der Waals surface area contributed by atoms with Gasteiger partial charge < -0.3 is 10.6 Å². The molecular weight excluding hydrogens is 248 g/mol. The zero-order chi connectivity index (χ0) is 14.4. The molecule has 0 bridgehead atoms. The summed E-state index contributed by atoms with van der Waals surface area (Å²) in [6.07, 6.45) is 0.399. The highest BCUT2D eigenvalue weighted by Crippen LogP contribution is 2.11. The van der Waals surface area contributed by atoms with E-state index in [0.29, 0.717) is 6.42 Å². The average Bonchev–Trinajstić information content (AvgIpc) is 2.42. The molecule has 0 radical (unpaired) electrons. The average molecular weight is 268 g/mol. The summed E-state index contributed by atoms with van der Waals surface area (Å²) in [7, 11) is 1.91. The summed E-state index contributed by atoms with van der Waals surface area (Å²) in [5.41, 5.74) is 4.23. The number of carbonyl (C=O) groups is 1. The zero-order valence-corrected chi connectivity index (χ0v) is 11.9. The molecule has 0 unspecified atom stereocenters. The van der Waals surface area contributed by atoms with E-state index in [1.165, 1.54) is 5.56 Å². The smallest absolute Gasteiger partial charge is 0.228 e. The van der Waals surface area contributed by atoms with Crippen LogP contribution in [0.5, 0.6) is 0 Å². The van der Waals surface area contributed by atoms with Gasteiger partial charge in [0.1, 0.15) is 0 Å². The molecule has 1 amide bonds. The molecule has 3 heteroatoms. The number of rotatable bonds is 5. The maximum Gasteiger partial charge on any atom is 0.228 e. The van der Waals surface area contributed by atoms with Crippen LogP contribution in [0.1, 0.15) is 16.7 Å². The Morgan fingerprint density at radius 3 is 2.50 bits per heavy atom. The minimum Gasteiger partial charge on any atom is -0.326 e. The number of benzene rings is 2. The summed E-state index contributed by atoms with van der Waals surface area (Å²) in [5, 5.41) is 6.03. The van der Waals surface area contributed by atoms with Crippen LogP contribution in [0, 0.1) is 6.92 Å². The lowest BCUT2D eigenvalue weighted by Gasteiger charge is -2.07. The van der Waals surface area contributed by atoms with E-state index in [1.54, 1.807) is 0 Å². The minimum atomic E-state index is 0.00969. The van der Waals surface area contributed by atoms with Crippen molar-refractivity contribution < 1.29 is 4.79 Å². The van der Waals surface area contributed by atoms with E-state index < -0.39 is 0 Å². The van der Waals surface area contributed by atoms with Gasteiger partial charge in [-0.2, -0.15) is 0 Å². The molecule has 3 nitrogen and oxygen atoms in total. The van der Waals surface area contributed by atoms with Gasteiger partial charge >= 0.3 is 0 Å². The summed E-state index contributed by atoms with van der Waals surface area (Å²) in [4.78, 5) is 12.0. The maximum atomic E-state index is 12.0. The molecular formula is C17H20N2O. The maximum absolute atomic E-state index is 12.0. The van der Waals surface area contributed by atoms with Gasteiger partial charge in [0.15, 0.2) is 0 Å². The van der Waals surface area contributed by atoms with Crippen molar-refractivity contribution in [1.29, 1.82) is 0 Å². The van der Waals surface area contributed by atoms with E-state index in [9.17, 15) is 4.79 Å². The first-order valence-electron chi connectivity index (χ1n) is 6.76. The molecule has 0 aliphatic heterocycles. The number of hydrogen-bond donors (Lipinski definition) is 2. The molecule has 2 rings (SSSR count). The number of hydrogen-bond acceptors (Lipinski definition) is 2. The molecule has 0 saturated carbocycles. The third kappa shape index (κ3) is 4.21. The first-order valence-corrected chi connectivity index (χ1v) is 6.76. The topological polar surface area (TPSA) is 41.1 Å². The van der Waals surface area contributed by atoms with E-state index in [0.717, 1.165) is 23.4 Å². The fraction of sp³-hybridized carbons (Fsp3) is 0.235. The number of nitrogens with one attached hydrogen (secondary N) is 2. The van der Waals surface area contributed by atoms with E-state index in [1.807, 2.05) is 62.5 Å². The molecule has 0 spiro atoms. The van der Waals surface area contributed by atoms with Crippen LogP contribution in [0.15, 0.2) is 48.5 Å². The molecule has 2 aromatic carbocycles. The lowest BCUT2D eigenvalue weighted by Crippen LogP contribution is -2.14. The number of aryl methyl sites for hydroxylation is 1. The Bertz CT molecular complexity index is 576. The van der Waals surface area contributed by atoms with Crippen LogP contribution >= 0.6 is 0 Å². The minimum absolute atomic E-state index is 0.00969. The van der Waals surface area contributed by atoms with Gasteiger partial charge in [-0.25, -0.2) is 0 Å². The standard InChI is InChI=1S/C17H20N2O/c1-13-6-8-14(9-7-13)11-17(20)19-16-5-3-4-15(10-16)12-18-2/h3-10,18H,11-12H2,1-2H3,(H,19,20). The van der Waals surface area contributed by atoms with Crippen LogP contribution in [0.3, 0.4) is 0 Å². The Balaban J connectivity index is 1.97. The molecule has 0 atom stereocenters. The number of anilines is 1. The Kier molecular flexibility index (Phi) is 4.91. The van der Waals surface area contributed by atoms with Gasteiger partial charge in [-0.1, -0.05) is 42.0 Å². The second-order valence-corrected chi connectivity index (χ2v) is 4.94. The van der Waals surface area contributed by atoms with E-state index in [2.05, 4.69) is 10.6 Å². The van der Waals surface area contributed by atoms with E-state index >= 15 is 0 Å². The molecule has 2 N–H and O–H groups in total. The van der Waals surface area contributed by atoms with Crippen LogP contribution in [0.2, 0.25) is 0 Å². The predicted octanol–water partition coefficient (Wildman–Crippen LogP) is 2.90. The largest absolute Gasteiger partial charge is 0.326 e. The Morgan fingerprint density at radius 1 is 1.05 bits per heavy atom. The lowest BCUT2D eigenvalue weighted by atomic mass is 10.1. The summed E-state index contributed by atoms with van der Waals surface area (Å²) >= 11 is 0. The Labute approximate surface area is 120 Å². The summed E-state index contributed by atoms with van der Waals surface area (Å²) in [6.45, 7) is 2.83. The van der Waals surface area contributed by atoms with E-state index in [4.69, 9.17) is 0 Å². The summed E-state index contributed by atoms with van der Waals surface area (Å²) in [5.74, 6) is 0.00969. The second-order valence-electron chi connectivity index (χ2n) is 4.94. The molecule has 2 aromatic rings. The molecule has 20 heavy (non-hydrogen) atoms. The van der Waals surface area contributed by atoms with Gasteiger partial charge in [0, 0.05) is 12.2 Å². The second kappa shape index (κ2) is 6.87. The SMILES string of the molecule is CNCc1cccc(NC(=O)Cc2ccc(C)cc2)c1. The van der Waals surface area contributed by atoms with Crippen molar-refractivity contribution in [3.63, 3.8) is 0 Å². The Hall–Kier alpha value is -2.13. The normalized spacial score (nSPS) is 10.3. The van der Waals surface area contributed by atoms with E-state index in [-0.39, 0.29) is 5.91 Å². The molecule has 104 valence electrons. The van der Waals surface area contributed by atoms with Crippen molar-refractivity contribution in [1.82, 2.24) is 5.32 Å². The van der Waals surface area contributed by atoms with Gasteiger partial charge in [-0.3, -0.25) is 4.79 Å². The van der Waals surface area contributed by atoms with Gasteiger partial charge in [-0.05, 0) is 37.2 Å². The number of amides is 1. The van der Waals surface area contributed by atoms with Gasteiger partial charge in [-0.15, -0.1) is 0 Å². The molecule has 0 aliphatic carbocycles. The highest BCUT2D eigenvalue weighted by Gasteiger charge is 2.04. The third-order valence-electron chi connectivity index (χ3n) is 3.08. The fourth-order valence-corrected chi connectivity index (χ4v) is 2.06. The van der Waals surface area contributed by atoms with Crippen molar-refractivity contribution >= 4 is 11.6 Å². The van der Waals surface area contributed by atoms with Crippen molar-refractivity contribution in [2.24, 2.45) is 0 Å².